The number of nitrogens with zero attached hydrogens (tertiary/aromatic N) is 2. The summed E-state index contributed by atoms with van der Waals surface area (Å²) in [7, 11) is -3.59. The molecule has 0 fully saturated rings. The van der Waals surface area contributed by atoms with E-state index in [9.17, 15) is 8.42 Å². The third-order valence-electron chi connectivity index (χ3n) is 3.39. The Morgan fingerprint density at radius 3 is 2.50 bits per heavy atom. The summed E-state index contributed by atoms with van der Waals surface area (Å²) < 4.78 is 28.0. The van der Waals surface area contributed by atoms with Gasteiger partial charge in [0.2, 0.25) is 10.0 Å². The van der Waals surface area contributed by atoms with Crippen LogP contribution in [-0.4, -0.2) is 18.4 Å². The van der Waals surface area contributed by atoms with Gasteiger partial charge in [0, 0.05) is 35.2 Å². The molecule has 1 aromatic carbocycles. The molecule has 3 rings (SSSR count). The van der Waals surface area contributed by atoms with Crippen LogP contribution in [0.25, 0.3) is 11.3 Å². The highest BCUT2D eigenvalue weighted by Gasteiger charge is 2.16. The molecule has 7 heteroatoms. The standard InChI is InChI=1S/C17H14BrN3O2S/c18-15-3-1-2-4-17(15)24(22,23)21-12-13-5-10-20-16(11-13)14-6-8-19-9-7-14/h1-11,21H,12H2. The number of halogens is 1. The normalized spacial score (nSPS) is 11.4. The molecule has 0 atom stereocenters. The van der Waals surface area contributed by atoms with E-state index in [1.807, 2.05) is 18.2 Å². The van der Waals surface area contributed by atoms with Gasteiger partial charge in [-0.25, -0.2) is 13.1 Å². The zero-order chi connectivity index (χ0) is 17.0. The maximum atomic E-state index is 12.4. The first-order chi connectivity index (χ1) is 11.6. The molecular formula is C17H14BrN3O2S. The van der Waals surface area contributed by atoms with Crippen molar-refractivity contribution >= 4 is 26.0 Å². The summed E-state index contributed by atoms with van der Waals surface area (Å²) in [4.78, 5) is 8.51. The van der Waals surface area contributed by atoms with E-state index in [0.717, 1.165) is 16.8 Å². The molecule has 0 amide bonds. The van der Waals surface area contributed by atoms with Gasteiger partial charge in [-0.3, -0.25) is 9.97 Å². The van der Waals surface area contributed by atoms with E-state index < -0.39 is 10.0 Å². The maximum absolute atomic E-state index is 12.4. The lowest BCUT2D eigenvalue weighted by atomic mass is 10.1. The Kier molecular flexibility index (Phi) is 5.03. The monoisotopic (exact) mass is 403 g/mol. The van der Waals surface area contributed by atoms with Gasteiger partial charge in [0.15, 0.2) is 0 Å². The van der Waals surface area contributed by atoms with Crippen molar-refractivity contribution in [3.63, 3.8) is 0 Å². The topological polar surface area (TPSA) is 72.0 Å². The van der Waals surface area contributed by atoms with Gasteiger partial charge in [-0.2, -0.15) is 0 Å². The number of hydrogen-bond donors (Lipinski definition) is 1. The minimum atomic E-state index is -3.59. The quantitative estimate of drug-likeness (QED) is 0.708. The molecule has 3 aromatic rings. The Hall–Kier alpha value is -2.09. The van der Waals surface area contributed by atoms with Gasteiger partial charge in [0.25, 0.3) is 0 Å². The van der Waals surface area contributed by atoms with Gasteiger partial charge in [0.05, 0.1) is 10.6 Å². The minimum absolute atomic E-state index is 0.185. The van der Waals surface area contributed by atoms with Crippen LogP contribution >= 0.6 is 15.9 Å². The maximum Gasteiger partial charge on any atom is 0.241 e. The van der Waals surface area contributed by atoms with E-state index >= 15 is 0 Å². The summed E-state index contributed by atoms with van der Waals surface area (Å²) in [6.45, 7) is 0.185. The molecule has 24 heavy (non-hydrogen) atoms. The van der Waals surface area contributed by atoms with Crippen LogP contribution in [0.5, 0.6) is 0 Å². The molecule has 0 aliphatic rings. The molecule has 0 saturated carbocycles. The van der Waals surface area contributed by atoms with Gasteiger partial charge in [-0.1, -0.05) is 12.1 Å². The molecule has 2 aromatic heterocycles. The average molecular weight is 404 g/mol. The first-order valence-electron chi connectivity index (χ1n) is 7.16. The van der Waals surface area contributed by atoms with Crippen molar-refractivity contribution in [2.45, 2.75) is 11.4 Å². The zero-order valence-electron chi connectivity index (χ0n) is 12.6. The fourth-order valence-electron chi connectivity index (χ4n) is 2.18. The molecule has 5 nitrogen and oxygen atoms in total. The first kappa shape index (κ1) is 16.8. The third kappa shape index (κ3) is 3.87. The van der Waals surface area contributed by atoms with Crippen LogP contribution in [0.2, 0.25) is 0 Å². The Morgan fingerprint density at radius 2 is 1.75 bits per heavy atom. The fraction of sp³-hybridized carbons (Fsp3) is 0.0588. The summed E-state index contributed by atoms with van der Waals surface area (Å²) in [5, 5.41) is 0. The highest BCUT2D eigenvalue weighted by atomic mass is 79.9. The summed E-state index contributed by atoms with van der Waals surface area (Å²) in [5.74, 6) is 0. The third-order valence-corrected chi connectivity index (χ3v) is 5.81. The molecule has 0 radical (unpaired) electrons. The van der Waals surface area contributed by atoms with Crippen LogP contribution in [0, 0.1) is 0 Å². The number of nitrogens with one attached hydrogen (secondary N) is 1. The SMILES string of the molecule is O=S(=O)(NCc1ccnc(-c2ccncc2)c1)c1ccccc1Br. The van der Waals surface area contributed by atoms with Crippen molar-refractivity contribution in [1.82, 2.24) is 14.7 Å². The molecule has 0 unspecified atom stereocenters. The summed E-state index contributed by atoms with van der Waals surface area (Å²) in [5.41, 5.74) is 2.53. The van der Waals surface area contributed by atoms with Crippen LogP contribution in [0.4, 0.5) is 0 Å². The number of pyridine rings is 2. The highest BCUT2D eigenvalue weighted by molar-refractivity contribution is 9.10. The van der Waals surface area contributed by atoms with Crippen molar-refractivity contribution < 1.29 is 8.42 Å². The minimum Gasteiger partial charge on any atom is -0.265 e. The lowest BCUT2D eigenvalue weighted by Crippen LogP contribution is -2.23. The molecule has 0 aliphatic heterocycles. The second-order valence-electron chi connectivity index (χ2n) is 5.04. The Labute approximate surface area is 149 Å². The zero-order valence-corrected chi connectivity index (χ0v) is 15.0. The molecule has 0 spiro atoms. The van der Waals surface area contributed by atoms with Gasteiger partial charge < -0.3 is 0 Å². The number of rotatable bonds is 5. The lowest BCUT2D eigenvalue weighted by molar-refractivity contribution is 0.581. The summed E-state index contributed by atoms with van der Waals surface area (Å²) in [6, 6.07) is 14.1. The smallest absolute Gasteiger partial charge is 0.241 e. The van der Waals surface area contributed by atoms with E-state index in [2.05, 4.69) is 30.6 Å². The number of hydrogen-bond acceptors (Lipinski definition) is 4. The van der Waals surface area contributed by atoms with Crippen molar-refractivity contribution in [3.8, 4) is 11.3 Å². The van der Waals surface area contributed by atoms with Crippen LogP contribution in [0.15, 0.2) is 76.5 Å². The second-order valence-corrected chi connectivity index (χ2v) is 7.63. The molecular weight excluding hydrogens is 390 g/mol. The van der Waals surface area contributed by atoms with Crippen molar-refractivity contribution in [2.24, 2.45) is 0 Å². The van der Waals surface area contributed by atoms with Crippen LogP contribution < -0.4 is 4.72 Å². The number of benzene rings is 1. The van der Waals surface area contributed by atoms with E-state index in [4.69, 9.17) is 0 Å². The van der Waals surface area contributed by atoms with Gasteiger partial charge in [-0.15, -0.1) is 0 Å². The highest BCUT2D eigenvalue weighted by Crippen LogP contribution is 2.21. The van der Waals surface area contributed by atoms with Crippen LogP contribution in [0.1, 0.15) is 5.56 Å². The Morgan fingerprint density at radius 1 is 1.00 bits per heavy atom. The van der Waals surface area contributed by atoms with Gasteiger partial charge >= 0.3 is 0 Å². The molecule has 0 bridgehead atoms. The fourth-order valence-corrected chi connectivity index (χ4v) is 4.20. The molecule has 2 heterocycles. The lowest BCUT2D eigenvalue weighted by Gasteiger charge is -2.09. The summed E-state index contributed by atoms with van der Waals surface area (Å²) >= 11 is 3.27. The van der Waals surface area contributed by atoms with Gasteiger partial charge in [-0.05, 0) is 57.9 Å². The number of aromatic nitrogens is 2. The van der Waals surface area contributed by atoms with E-state index in [1.165, 1.54) is 0 Å². The largest absolute Gasteiger partial charge is 0.265 e. The van der Waals surface area contributed by atoms with Crippen molar-refractivity contribution in [2.75, 3.05) is 0 Å². The average Bonchev–Trinajstić information content (AvgIpc) is 2.61. The Bertz CT molecular complexity index is 947. The predicted octanol–water partition coefficient (Wildman–Crippen LogP) is 3.38. The van der Waals surface area contributed by atoms with E-state index in [0.29, 0.717) is 4.47 Å². The number of sulfonamides is 1. The second kappa shape index (κ2) is 7.21. The molecule has 0 aliphatic carbocycles. The predicted molar refractivity (Wildman–Crippen MR) is 95.6 cm³/mol. The summed E-state index contributed by atoms with van der Waals surface area (Å²) in [6.07, 6.45) is 5.05. The molecule has 122 valence electrons. The van der Waals surface area contributed by atoms with Crippen molar-refractivity contribution in [3.05, 3.63) is 77.2 Å². The molecule has 0 saturated heterocycles. The van der Waals surface area contributed by atoms with E-state index in [1.54, 1.807) is 48.9 Å². The van der Waals surface area contributed by atoms with Crippen molar-refractivity contribution in [1.29, 1.82) is 0 Å². The molecule has 1 N–H and O–H groups in total. The van der Waals surface area contributed by atoms with Crippen LogP contribution in [-0.2, 0) is 16.6 Å². The van der Waals surface area contributed by atoms with E-state index in [-0.39, 0.29) is 11.4 Å². The van der Waals surface area contributed by atoms with Gasteiger partial charge in [0.1, 0.15) is 0 Å². The Balaban J connectivity index is 1.79. The van der Waals surface area contributed by atoms with Crippen LogP contribution in [0.3, 0.4) is 0 Å². The first-order valence-corrected chi connectivity index (χ1v) is 9.43.